The lowest BCUT2D eigenvalue weighted by molar-refractivity contribution is 0.107. The fourth-order valence-electron chi connectivity index (χ4n) is 3.58. The van der Waals surface area contributed by atoms with E-state index < -0.39 is 0 Å². The highest BCUT2D eigenvalue weighted by molar-refractivity contribution is 6.30. The SMILES string of the molecule is CCC(N)C(c1cccc(Cl)c1)N(C)C1CCC(C)CC1. The zero-order chi connectivity index (χ0) is 15.4. The Balaban J connectivity index is 2.19. The molecular formula is C18H29ClN2. The molecule has 1 aliphatic carbocycles. The third-order valence-electron chi connectivity index (χ3n) is 5.07. The van der Waals surface area contributed by atoms with E-state index in [-0.39, 0.29) is 12.1 Å². The van der Waals surface area contributed by atoms with Gasteiger partial charge in [-0.3, -0.25) is 4.90 Å². The molecule has 21 heavy (non-hydrogen) atoms. The number of hydrogen-bond donors (Lipinski definition) is 1. The zero-order valence-corrected chi connectivity index (χ0v) is 14.3. The van der Waals surface area contributed by atoms with Gasteiger partial charge in [-0.25, -0.2) is 0 Å². The van der Waals surface area contributed by atoms with Gasteiger partial charge in [-0.15, -0.1) is 0 Å². The van der Waals surface area contributed by atoms with Gasteiger partial charge in [0.1, 0.15) is 0 Å². The third kappa shape index (κ3) is 4.21. The Hall–Kier alpha value is -0.570. The van der Waals surface area contributed by atoms with E-state index in [4.69, 9.17) is 17.3 Å². The van der Waals surface area contributed by atoms with Crippen molar-refractivity contribution in [1.29, 1.82) is 0 Å². The largest absolute Gasteiger partial charge is 0.326 e. The molecule has 0 amide bonds. The molecule has 0 saturated heterocycles. The molecule has 2 atom stereocenters. The molecule has 3 heteroatoms. The van der Waals surface area contributed by atoms with Gasteiger partial charge in [-0.1, -0.05) is 37.6 Å². The van der Waals surface area contributed by atoms with Crippen LogP contribution in [0.5, 0.6) is 0 Å². The third-order valence-corrected chi connectivity index (χ3v) is 5.30. The average molecular weight is 309 g/mol. The summed E-state index contributed by atoms with van der Waals surface area (Å²) in [7, 11) is 2.24. The number of likely N-dealkylation sites (N-methyl/N-ethyl adjacent to an activating group) is 1. The summed E-state index contributed by atoms with van der Waals surface area (Å²) in [5.41, 5.74) is 7.70. The van der Waals surface area contributed by atoms with Gasteiger partial charge in [-0.2, -0.15) is 0 Å². The molecule has 0 aliphatic heterocycles. The first-order chi connectivity index (χ1) is 10.0. The van der Waals surface area contributed by atoms with E-state index in [1.165, 1.54) is 31.2 Å². The lowest BCUT2D eigenvalue weighted by Gasteiger charge is -2.41. The molecular weight excluding hydrogens is 280 g/mol. The second-order valence-corrected chi connectivity index (χ2v) is 7.09. The van der Waals surface area contributed by atoms with Crippen LogP contribution in [0.4, 0.5) is 0 Å². The predicted octanol–water partition coefficient (Wildman–Crippen LogP) is 4.63. The molecule has 0 spiro atoms. The smallest absolute Gasteiger partial charge is 0.0499 e. The first kappa shape index (κ1) is 16.8. The standard InChI is InChI=1S/C18H29ClN2/c1-4-17(20)18(14-6-5-7-15(19)12-14)21(3)16-10-8-13(2)9-11-16/h5-7,12-13,16-18H,4,8-11,20H2,1-3H3. The molecule has 1 saturated carbocycles. The highest BCUT2D eigenvalue weighted by atomic mass is 35.5. The van der Waals surface area contributed by atoms with Crippen LogP contribution in [-0.2, 0) is 0 Å². The van der Waals surface area contributed by atoms with E-state index in [2.05, 4.69) is 37.9 Å². The average Bonchev–Trinajstić information content (AvgIpc) is 2.48. The predicted molar refractivity (Wildman–Crippen MR) is 91.6 cm³/mol. The quantitative estimate of drug-likeness (QED) is 0.859. The molecule has 2 rings (SSSR count). The fourth-order valence-corrected chi connectivity index (χ4v) is 3.77. The van der Waals surface area contributed by atoms with E-state index in [0.29, 0.717) is 6.04 Å². The van der Waals surface area contributed by atoms with Crippen LogP contribution in [0.2, 0.25) is 5.02 Å². The van der Waals surface area contributed by atoms with Gasteiger partial charge in [-0.05, 0) is 62.8 Å². The van der Waals surface area contributed by atoms with Crippen LogP contribution in [0.15, 0.2) is 24.3 Å². The van der Waals surface area contributed by atoms with Crippen LogP contribution in [0.3, 0.4) is 0 Å². The maximum absolute atomic E-state index is 6.45. The van der Waals surface area contributed by atoms with Crippen molar-refractivity contribution in [3.63, 3.8) is 0 Å². The van der Waals surface area contributed by atoms with Gasteiger partial charge in [0.15, 0.2) is 0 Å². The summed E-state index contributed by atoms with van der Waals surface area (Å²) in [6, 6.07) is 9.24. The molecule has 1 fully saturated rings. The Morgan fingerprint density at radius 1 is 1.29 bits per heavy atom. The first-order valence-corrected chi connectivity index (χ1v) is 8.63. The molecule has 0 aromatic heterocycles. The van der Waals surface area contributed by atoms with Crippen LogP contribution in [0.1, 0.15) is 57.6 Å². The maximum Gasteiger partial charge on any atom is 0.0499 e. The van der Waals surface area contributed by atoms with E-state index in [0.717, 1.165) is 17.4 Å². The van der Waals surface area contributed by atoms with E-state index >= 15 is 0 Å². The molecule has 0 radical (unpaired) electrons. The fraction of sp³-hybridized carbons (Fsp3) is 0.667. The van der Waals surface area contributed by atoms with Crippen molar-refractivity contribution in [3.8, 4) is 0 Å². The van der Waals surface area contributed by atoms with Gasteiger partial charge in [0.05, 0.1) is 0 Å². The maximum atomic E-state index is 6.45. The van der Waals surface area contributed by atoms with Crippen LogP contribution >= 0.6 is 11.6 Å². The Morgan fingerprint density at radius 2 is 1.95 bits per heavy atom. The lowest BCUT2D eigenvalue weighted by Crippen LogP contribution is -2.45. The zero-order valence-electron chi connectivity index (χ0n) is 13.6. The van der Waals surface area contributed by atoms with Gasteiger partial charge in [0.25, 0.3) is 0 Å². The Morgan fingerprint density at radius 3 is 2.52 bits per heavy atom. The highest BCUT2D eigenvalue weighted by Gasteiger charge is 2.30. The minimum absolute atomic E-state index is 0.146. The summed E-state index contributed by atoms with van der Waals surface area (Å²) < 4.78 is 0. The molecule has 1 aromatic carbocycles. The summed E-state index contributed by atoms with van der Waals surface area (Å²) in [6.07, 6.45) is 6.21. The van der Waals surface area contributed by atoms with Gasteiger partial charge in [0, 0.05) is 23.1 Å². The summed E-state index contributed by atoms with van der Waals surface area (Å²) in [6.45, 7) is 4.53. The second-order valence-electron chi connectivity index (χ2n) is 6.65. The van der Waals surface area contributed by atoms with Crippen LogP contribution in [0, 0.1) is 5.92 Å². The van der Waals surface area contributed by atoms with Crippen LogP contribution < -0.4 is 5.73 Å². The van der Waals surface area contributed by atoms with Crippen molar-refractivity contribution in [2.45, 2.75) is 64.1 Å². The second kappa shape index (κ2) is 7.62. The highest BCUT2D eigenvalue weighted by Crippen LogP contribution is 2.33. The Kier molecular flexibility index (Phi) is 6.09. The van der Waals surface area contributed by atoms with Gasteiger partial charge < -0.3 is 5.73 Å². The summed E-state index contributed by atoms with van der Waals surface area (Å²) >= 11 is 6.19. The Bertz CT molecular complexity index is 441. The van der Waals surface area contributed by atoms with E-state index in [9.17, 15) is 0 Å². The van der Waals surface area contributed by atoms with Crippen molar-refractivity contribution in [1.82, 2.24) is 4.90 Å². The molecule has 1 aromatic rings. The molecule has 0 bridgehead atoms. The number of hydrogen-bond acceptors (Lipinski definition) is 2. The number of nitrogens with zero attached hydrogens (tertiary/aromatic N) is 1. The minimum atomic E-state index is 0.146. The summed E-state index contributed by atoms with van der Waals surface area (Å²) in [5.74, 6) is 0.874. The molecule has 2 nitrogen and oxygen atoms in total. The van der Waals surface area contributed by atoms with Crippen molar-refractivity contribution in [2.75, 3.05) is 7.05 Å². The topological polar surface area (TPSA) is 29.3 Å². The summed E-state index contributed by atoms with van der Waals surface area (Å²) in [4.78, 5) is 2.51. The van der Waals surface area contributed by atoms with Crippen LogP contribution in [-0.4, -0.2) is 24.0 Å². The van der Waals surface area contributed by atoms with Crippen molar-refractivity contribution >= 4 is 11.6 Å². The molecule has 1 aliphatic rings. The molecule has 0 heterocycles. The number of halogens is 1. The number of nitrogens with two attached hydrogens (primary N) is 1. The monoisotopic (exact) mass is 308 g/mol. The van der Waals surface area contributed by atoms with Gasteiger partial charge >= 0.3 is 0 Å². The van der Waals surface area contributed by atoms with Crippen LogP contribution in [0.25, 0.3) is 0 Å². The number of rotatable bonds is 5. The van der Waals surface area contributed by atoms with E-state index in [1.807, 2.05) is 12.1 Å². The van der Waals surface area contributed by atoms with Crippen molar-refractivity contribution in [3.05, 3.63) is 34.9 Å². The Labute approximate surface area is 134 Å². The number of benzene rings is 1. The normalized spacial score (nSPS) is 25.8. The molecule has 2 N–H and O–H groups in total. The van der Waals surface area contributed by atoms with Gasteiger partial charge in [0.2, 0.25) is 0 Å². The van der Waals surface area contributed by atoms with E-state index in [1.54, 1.807) is 0 Å². The molecule has 2 unspecified atom stereocenters. The first-order valence-electron chi connectivity index (χ1n) is 8.26. The summed E-state index contributed by atoms with van der Waals surface area (Å²) in [5, 5.41) is 0.798. The molecule has 118 valence electrons. The lowest BCUT2D eigenvalue weighted by atomic mass is 9.85. The van der Waals surface area contributed by atoms with Crippen molar-refractivity contribution < 1.29 is 0 Å². The van der Waals surface area contributed by atoms with Crippen molar-refractivity contribution in [2.24, 2.45) is 11.7 Å². The minimum Gasteiger partial charge on any atom is -0.326 e.